The van der Waals surface area contributed by atoms with Crippen LogP contribution in [-0.4, -0.2) is 19.7 Å². The second-order valence-corrected chi connectivity index (χ2v) is 5.17. The zero-order valence-electron chi connectivity index (χ0n) is 12.7. The second-order valence-electron chi connectivity index (χ2n) is 5.17. The number of nitrogens with two attached hydrogens (primary N) is 1. The third-order valence-corrected chi connectivity index (χ3v) is 3.57. The zero-order valence-corrected chi connectivity index (χ0v) is 12.7. The van der Waals surface area contributed by atoms with E-state index in [1.54, 1.807) is 0 Å². The first-order chi connectivity index (χ1) is 9.51. The Morgan fingerprint density at radius 3 is 2.50 bits per heavy atom. The first-order valence-electron chi connectivity index (χ1n) is 6.88. The summed E-state index contributed by atoms with van der Waals surface area (Å²) in [6.45, 7) is 10.4. The summed E-state index contributed by atoms with van der Waals surface area (Å²) in [5.41, 5.74) is 7.05. The monoisotopic (exact) mass is 274 g/mol. The summed E-state index contributed by atoms with van der Waals surface area (Å²) in [7, 11) is 0. The molecule has 0 aliphatic rings. The maximum atomic E-state index is 5.56. The van der Waals surface area contributed by atoms with Gasteiger partial charge in [-0.1, -0.05) is 20.8 Å². The molecule has 0 radical (unpaired) electrons. The average molecular weight is 274 g/mol. The number of hydrogen-bond acceptors (Lipinski definition) is 5. The van der Waals surface area contributed by atoms with Crippen molar-refractivity contribution < 1.29 is 0 Å². The number of nitrogens with zero attached hydrogens (tertiary/aromatic N) is 4. The number of anilines is 1. The van der Waals surface area contributed by atoms with Crippen molar-refractivity contribution >= 4 is 5.82 Å². The number of hydrazine groups is 1. The fraction of sp³-hybridized carbons (Fsp3) is 0.500. The molecule has 2 aromatic heterocycles. The molecule has 0 amide bonds. The number of aryl methyl sites for hydroxylation is 1. The third-order valence-electron chi connectivity index (χ3n) is 3.57. The van der Waals surface area contributed by atoms with E-state index in [0.29, 0.717) is 5.82 Å². The van der Waals surface area contributed by atoms with Crippen LogP contribution < -0.4 is 11.3 Å². The van der Waals surface area contributed by atoms with E-state index in [4.69, 9.17) is 5.84 Å². The molecule has 0 aliphatic carbocycles. The summed E-state index contributed by atoms with van der Waals surface area (Å²) in [6, 6.07) is 0. The van der Waals surface area contributed by atoms with Crippen molar-refractivity contribution in [1.82, 2.24) is 19.7 Å². The van der Waals surface area contributed by atoms with Crippen LogP contribution in [0.4, 0.5) is 5.82 Å². The van der Waals surface area contributed by atoms with Crippen molar-refractivity contribution in [2.75, 3.05) is 5.43 Å². The van der Waals surface area contributed by atoms with Crippen LogP contribution in [0, 0.1) is 13.8 Å². The van der Waals surface area contributed by atoms with E-state index in [1.807, 2.05) is 11.6 Å². The summed E-state index contributed by atoms with van der Waals surface area (Å²) in [6.07, 6.45) is 2.47. The second kappa shape index (κ2) is 5.58. The Morgan fingerprint density at radius 1 is 1.30 bits per heavy atom. The molecule has 2 heterocycles. The number of rotatable bonds is 4. The molecule has 108 valence electrons. The largest absolute Gasteiger partial charge is 0.308 e. The molecule has 20 heavy (non-hydrogen) atoms. The van der Waals surface area contributed by atoms with Gasteiger partial charge in [0.1, 0.15) is 12.1 Å². The van der Waals surface area contributed by atoms with Crippen LogP contribution in [0.15, 0.2) is 6.33 Å². The van der Waals surface area contributed by atoms with Gasteiger partial charge in [-0.05, 0) is 31.7 Å². The fourth-order valence-corrected chi connectivity index (χ4v) is 2.59. The van der Waals surface area contributed by atoms with Crippen LogP contribution in [0.2, 0.25) is 0 Å². The molecular weight excluding hydrogens is 252 g/mol. The Kier molecular flexibility index (Phi) is 4.04. The van der Waals surface area contributed by atoms with Crippen LogP contribution in [0.1, 0.15) is 49.2 Å². The Labute approximate surface area is 119 Å². The van der Waals surface area contributed by atoms with Crippen molar-refractivity contribution in [3.8, 4) is 5.82 Å². The molecule has 3 N–H and O–H groups in total. The van der Waals surface area contributed by atoms with Crippen LogP contribution in [-0.2, 0) is 6.42 Å². The first kappa shape index (κ1) is 14.5. The van der Waals surface area contributed by atoms with Gasteiger partial charge in [0.25, 0.3) is 0 Å². The van der Waals surface area contributed by atoms with Crippen LogP contribution >= 0.6 is 0 Å². The highest BCUT2D eigenvalue weighted by atomic mass is 15.3. The van der Waals surface area contributed by atoms with Gasteiger partial charge < -0.3 is 5.43 Å². The lowest BCUT2D eigenvalue weighted by molar-refractivity contribution is 0.753. The maximum absolute atomic E-state index is 5.56. The molecule has 0 saturated heterocycles. The van der Waals surface area contributed by atoms with Crippen LogP contribution in [0.3, 0.4) is 0 Å². The minimum atomic E-state index is 0.242. The van der Waals surface area contributed by atoms with Crippen molar-refractivity contribution in [1.29, 1.82) is 0 Å². The SMILES string of the molecule is CCc1c(C)nn(-c2ncnc(NN)c2C(C)C)c1C. The summed E-state index contributed by atoms with van der Waals surface area (Å²) < 4.78 is 1.89. The van der Waals surface area contributed by atoms with Gasteiger partial charge >= 0.3 is 0 Å². The number of nitrogen functional groups attached to an aromatic ring is 1. The highest BCUT2D eigenvalue weighted by Gasteiger charge is 2.19. The summed E-state index contributed by atoms with van der Waals surface area (Å²) in [5.74, 6) is 7.25. The van der Waals surface area contributed by atoms with Gasteiger partial charge in [-0.2, -0.15) is 5.10 Å². The molecule has 0 aromatic carbocycles. The van der Waals surface area contributed by atoms with Crippen LogP contribution in [0.25, 0.3) is 5.82 Å². The molecular formula is C14H22N6. The molecule has 0 unspecified atom stereocenters. The number of hydrogen-bond donors (Lipinski definition) is 2. The van der Waals surface area contributed by atoms with Gasteiger partial charge in [-0.15, -0.1) is 0 Å². The Balaban J connectivity index is 2.70. The average Bonchev–Trinajstić information content (AvgIpc) is 2.72. The molecule has 2 aromatic rings. The molecule has 0 spiro atoms. The molecule has 0 saturated carbocycles. The van der Waals surface area contributed by atoms with Gasteiger partial charge in [0.15, 0.2) is 5.82 Å². The van der Waals surface area contributed by atoms with Crippen molar-refractivity contribution in [3.05, 3.63) is 28.8 Å². The number of nitrogens with one attached hydrogen (secondary N) is 1. The van der Waals surface area contributed by atoms with Crippen molar-refractivity contribution in [2.24, 2.45) is 5.84 Å². The lowest BCUT2D eigenvalue weighted by Gasteiger charge is -2.16. The van der Waals surface area contributed by atoms with Crippen LogP contribution in [0.5, 0.6) is 0 Å². The Bertz CT molecular complexity index is 614. The third kappa shape index (κ3) is 2.27. The maximum Gasteiger partial charge on any atom is 0.162 e. The summed E-state index contributed by atoms with van der Waals surface area (Å²) in [5, 5.41) is 4.63. The van der Waals surface area contributed by atoms with E-state index in [2.05, 4.69) is 48.2 Å². The van der Waals surface area contributed by atoms with E-state index in [1.165, 1.54) is 11.9 Å². The summed E-state index contributed by atoms with van der Waals surface area (Å²) >= 11 is 0. The highest BCUT2D eigenvalue weighted by Crippen LogP contribution is 2.28. The predicted molar refractivity (Wildman–Crippen MR) is 79.9 cm³/mol. The van der Waals surface area contributed by atoms with E-state index in [0.717, 1.165) is 29.2 Å². The molecule has 0 aliphatic heterocycles. The molecule has 6 heteroatoms. The van der Waals surface area contributed by atoms with Gasteiger partial charge in [0, 0.05) is 11.3 Å². The number of aromatic nitrogens is 4. The predicted octanol–water partition coefficient (Wildman–Crippen LogP) is 2.25. The smallest absolute Gasteiger partial charge is 0.162 e. The van der Waals surface area contributed by atoms with Gasteiger partial charge in [0.2, 0.25) is 0 Å². The lowest BCUT2D eigenvalue weighted by Crippen LogP contribution is -2.16. The van der Waals surface area contributed by atoms with Gasteiger partial charge in [-0.3, -0.25) is 0 Å². The topological polar surface area (TPSA) is 81.7 Å². The Morgan fingerprint density at radius 2 is 2.00 bits per heavy atom. The molecule has 6 nitrogen and oxygen atoms in total. The van der Waals surface area contributed by atoms with E-state index >= 15 is 0 Å². The lowest BCUT2D eigenvalue weighted by atomic mass is 10.0. The minimum Gasteiger partial charge on any atom is -0.308 e. The van der Waals surface area contributed by atoms with E-state index < -0.39 is 0 Å². The van der Waals surface area contributed by atoms with E-state index in [-0.39, 0.29) is 5.92 Å². The fourth-order valence-electron chi connectivity index (χ4n) is 2.59. The van der Waals surface area contributed by atoms with Crippen molar-refractivity contribution in [3.63, 3.8) is 0 Å². The van der Waals surface area contributed by atoms with E-state index in [9.17, 15) is 0 Å². The van der Waals surface area contributed by atoms with Gasteiger partial charge in [0.05, 0.1) is 5.69 Å². The standard InChI is InChI=1S/C14H22N6/c1-6-11-9(4)19-20(10(11)5)14-12(8(2)3)13(18-15)16-7-17-14/h7-8H,6,15H2,1-5H3,(H,16,17,18). The highest BCUT2D eigenvalue weighted by molar-refractivity contribution is 5.53. The normalized spacial score (nSPS) is 11.2. The van der Waals surface area contributed by atoms with Gasteiger partial charge in [-0.25, -0.2) is 20.5 Å². The molecule has 0 bridgehead atoms. The molecule has 0 fully saturated rings. The molecule has 0 atom stereocenters. The Hall–Kier alpha value is -1.95. The quantitative estimate of drug-likeness (QED) is 0.660. The summed E-state index contributed by atoms with van der Waals surface area (Å²) in [4.78, 5) is 8.62. The first-order valence-corrected chi connectivity index (χ1v) is 6.88. The molecule has 2 rings (SSSR count). The minimum absolute atomic E-state index is 0.242. The van der Waals surface area contributed by atoms with Crippen molar-refractivity contribution in [2.45, 2.75) is 47.0 Å². The zero-order chi connectivity index (χ0) is 14.9.